The fourth-order valence-corrected chi connectivity index (χ4v) is 4.04. The van der Waals surface area contributed by atoms with Gasteiger partial charge in [-0.1, -0.05) is 35.9 Å². The molecule has 0 fully saturated rings. The molecule has 0 radical (unpaired) electrons. The minimum absolute atomic E-state index is 0.113. The van der Waals surface area contributed by atoms with Gasteiger partial charge in [-0.05, 0) is 29.8 Å². The predicted octanol–water partition coefficient (Wildman–Crippen LogP) is 2.57. The van der Waals surface area contributed by atoms with Crippen LogP contribution in [0.2, 0.25) is 5.02 Å². The molecule has 0 bridgehead atoms. The van der Waals surface area contributed by atoms with Crippen LogP contribution in [0.15, 0.2) is 48.5 Å². The van der Waals surface area contributed by atoms with Gasteiger partial charge in [-0.25, -0.2) is 13.1 Å². The highest BCUT2D eigenvalue weighted by molar-refractivity contribution is 7.88. The molecule has 1 unspecified atom stereocenters. The van der Waals surface area contributed by atoms with E-state index in [0.29, 0.717) is 22.0 Å². The number of fused-ring (bicyclic) bond motifs is 1. The van der Waals surface area contributed by atoms with Crippen LogP contribution in [-0.2, 0) is 20.6 Å². The molecule has 0 aliphatic carbocycles. The van der Waals surface area contributed by atoms with Crippen LogP contribution >= 0.6 is 11.6 Å². The SMILES string of the molecule is CN1C(=O)C(CCNS(=O)(=O)Cc2ccc(Cl)cc2)Oc2ccccc21. The van der Waals surface area contributed by atoms with Crippen LogP contribution in [0.3, 0.4) is 0 Å². The number of hydrogen-bond donors (Lipinski definition) is 1. The number of ether oxygens (including phenoxy) is 1. The lowest BCUT2D eigenvalue weighted by Gasteiger charge is -2.31. The van der Waals surface area contributed by atoms with Crippen molar-refractivity contribution >= 4 is 33.2 Å². The van der Waals surface area contributed by atoms with Crippen LogP contribution < -0.4 is 14.4 Å². The maximum absolute atomic E-state index is 12.4. The summed E-state index contributed by atoms with van der Waals surface area (Å²) in [6, 6.07) is 13.9. The quantitative estimate of drug-likeness (QED) is 0.817. The molecule has 26 heavy (non-hydrogen) atoms. The van der Waals surface area contributed by atoms with E-state index in [1.165, 1.54) is 4.90 Å². The highest BCUT2D eigenvalue weighted by atomic mass is 35.5. The molecule has 6 nitrogen and oxygen atoms in total. The highest BCUT2D eigenvalue weighted by Crippen LogP contribution is 2.33. The van der Waals surface area contributed by atoms with E-state index in [2.05, 4.69) is 4.72 Å². The van der Waals surface area contributed by atoms with Crippen LogP contribution in [0.5, 0.6) is 5.75 Å². The van der Waals surface area contributed by atoms with Crippen molar-refractivity contribution in [3.63, 3.8) is 0 Å². The zero-order chi connectivity index (χ0) is 18.7. The summed E-state index contributed by atoms with van der Waals surface area (Å²) in [5.74, 6) is 0.274. The summed E-state index contributed by atoms with van der Waals surface area (Å²) in [6.07, 6.45) is -0.467. The third-order valence-corrected chi connectivity index (χ3v) is 5.71. The normalized spacial score (nSPS) is 16.9. The third kappa shape index (κ3) is 4.35. The minimum atomic E-state index is -3.51. The Balaban J connectivity index is 1.57. The number of hydrogen-bond acceptors (Lipinski definition) is 4. The van der Waals surface area contributed by atoms with Gasteiger partial charge >= 0.3 is 0 Å². The van der Waals surface area contributed by atoms with E-state index in [-0.39, 0.29) is 24.6 Å². The maximum atomic E-state index is 12.4. The molecule has 1 aliphatic rings. The number of anilines is 1. The second-order valence-electron chi connectivity index (χ2n) is 6.04. The van der Waals surface area contributed by atoms with Gasteiger partial charge in [0.2, 0.25) is 10.0 Å². The fourth-order valence-electron chi connectivity index (χ4n) is 2.75. The van der Waals surface area contributed by atoms with Gasteiger partial charge < -0.3 is 9.64 Å². The van der Waals surface area contributed by atoms with Gasteiger partial charge in [0.1, 0.15) is 5.75 Å². The van der Waals surface area contributed by atoms with Crippen LogP contribution in [0, 0.1) is 0 Å². The number of likely N-dealkylation sites (N-methyl/N-ethyl adjacent to an activating group) is 1. The number of benzene rings is 2. The van der Waals surface area contributed by atoms with Gasteiger partial charge in [-0.2, -0.15) is 0 Å². The van der Waals surface area contributed by atoms with Crippen molar-refractivity contribution in [2.75, 3.05) is 18.5 Å². The first kappa shape index (κ1) is 18.7. The van der Waals surface area contributed by atoms with E-state index in [1.54, 1.807) is 43.4 Å². The van der Waals surface area contributed by atoms with Crippen LogP contribution in [0.1, 0.15) is 12.0 Å². The molecule has 1 aliphatic heterocycles. The summed E-state index contributed by atoms with van der Waals surface area (Å²) >= 11 is 5.80. The molecule has 1 atom stereocenters. The number of halogens is 1. The van der Waals surface area contributed by atoms with Gasteiger partial charge in [0.05, 0.1) is 11.4 Å². The number of carbonyl (C=O) groups is 1. The zero-order valence-electron chi connectivity index (χ0n) is 14.2. The van der Waals surface area contributed by atoms with E-state index in [9.17, 15) is 13.2 Å². The predicted molar refractivity (Wildman–Crippen MR) is 101 cm³/mol. The number of nitrogens with zero attached hydrogens (tertiary/aromatic N) is 1. The Morgan fingerprint density at radius 2 is 1.85 bits per heavy atom. The van der Waals surface area contributed by atoms with Gasteiger partial charge in [0.25, 0.3) is 5.91 Å². The molecule has 3 rings (SSSR count). The summed E-state index contributed by atoms with van der Waals surface area (Å²) in [6.45, 7) is 0.113. The van der Waals surface area contributed by atoms with Crippen molar-refractivity contribution in [2.45, 2.75) is 18.3 Å². The topological polar surface area (TPSA) is 75.7 Å². The molecule has 1 heterocycles. The molecule has 2 aromatic rings. The highest BCUT2D eigenvalue weighted by Gasteiger charge is 2.31. The van der Waals surface area contributed by atoms with Crippen molar-refractivity contribution < 1.29 is 17.9 Å². The smallest absolute Gasteiger partial charge is 0.267 e. The average molecular weight is 395 g/mol. The van der Waals surface area contributed by atoms with E-state index >= 15 is 0 Å². The van der Waals surface area contributed by atoms with Crippen LogP contribution in [0.4, 0.5) is 5.69 Å². The van der Waals surface area contributed by atoms with Crippen LogP contribution in [-0.4, -0.2) is 34.0 Å². The lowest BCUT2D eigenvalue weighted by atomic mass is 10.1. The molecule has 138 valence electrons. The van der Waals surface area contributed by atoms with Crippen molar-refractivity contribution in [3.05, 3.63) is 59.1 Å². The number of para-hydroxylation sites is 2. The van der Waals surface area contributed by atoms with E-state index in [1.807, 2.05) is 12.1 Å². The third-order valence-electron chi connectivity index (χ3n) is 4.10. The summed E-state index contributed by atoms with van der Waals surface area (Å²) < 4.78 is 32.6. The molecule has 1 amide bonds. The molecular formula is C18H19ClN2O4S. The molecule has 1 N–H and O–H groups in total. The number of sulfonamides is 1. The lowest BCUT2D eigenvalue weighted by Crippen LogP contribution is -2.45. The van der Waals surface area contributed by atoms with Crippen molar-refractivity contribution in [3.8, 4) is 5.75 Å². The van der Waals surface area contributed by atoms with Crippen molar-refractivity contribution in [1.29, 1.82) is 0 Å². The minimum Gasteiger partial charge on any atom is -0.478 e. The molecular weight excluding hydrogens is 376 g/mol. The first-order valence-corrected chi connectivity index (χ1v) is 10.1. The first-order chi connectivity index (χ1) is 12.4. The van der Waals surface area contributed by atoms with E-state index in [0.717, 1.165) is 0 Å². The number of amides is 1. The van der Waals surface area contributed by atoms with Crippen LogP contribution in [0.25, 0.3) is 0 Å². The molecule has 2 aromatic carbocycles. The summed E-state index contributed by atoms with van der Waals surface area (Å²) in [5, 5.41) is 0.552. The Hall–Kier alpha value is -2.09. The lowest BCUT2D eigenvalue weighted by molar-refractivity contribution is -0.126. The largest absolute Gasteiger partial charge is 0.478 e. The van der Waals surface area contributed by atoms with Crippen molar-refractivity contribution in [1.82, 2.24) is 4.72 Å². The Morgan fingerprint density at radius 3 is 2.58 bits per heavy atom. The Kier molecular flexibility index (Phi) is 5.50. The number of nitrogens with one attached hydrogen (secondary N) is 1. The second kappa shape index (κ2) is 7.65. The Labute approximate surface area is 157 Å². The van der Waals surface area contributed by atoms with Gasteiger partial charge in [0, 0.05) is 25.0 Å². The molecule has 0 spiro atoms. The van der Waals surface area contributed by atoms with Gasteiger partial charge in [0.15, 0.2) is 6.10 Å². The van der Waals surface area contributed by atoms with Gasteiger partial charge in [-0.15, -0.1) is 0 Å². The molecule has 0 saturated heterocycles. The maximum Gasteiger partial charge on any atom is 0.267 e. The monoisotopic (exact) mass is 394 g/mol. The summed E-state index contributed by atoms with van der Waals surface area (Å²) in [7, 11) is -1.83. The average Bonchev–Trinajstić information content (AvgIpc) is 2.61. The Morgan fingerprint density at radius 1 is 1.15 bits per heavy atom. The molecule has 0 saturated carbocycles. The number of carbonyl (C=O) groups excluding carboxylic acids is 1. The first-order valence-electron chi connectivity index (χ1n) is 8.11. The summed E-state index contributed by atoms with van der Waals surface area (Å²) in [5.41, 5.74) is 1.35. The molecule has 8 heteroatoms. The van der Waals surface area contributed by atoms with Crippen molar-refractivity contribution in [2.24, 2.45) is 0 Å². The van der Waals surface area contributed by atoms with E-state index in [4.69, 9.17) is 16.3 Å². The fraction of sp³-hybridized carbons (Fsp3) is 0.278. The standard InChI is InChI=1S/C18H19ClN2O4S/c1-21-15-4-2-3-5-16(15)25-17(18(21)22)10-11-20-26(23,24)12-13-6-8-14(19)9-7-13/h2-9,17,20H,10-12H2,1H3. The zero-order valence-corrected chi connectivity index (χ0v) is 15.8. The van der Waals surface area contributed by atoms with Gasteiger partial charge in [-0.3, -0.25) is 4.79 Å². The number of rotatable bonds is 6. The second-order valence-corrected chi connectivity index (χ2v) is 8.28. The summed E-state index contributed by atoms with van der Waals surface area (Å²) in [4.78, 5) is 13.9. The Bertz CT molecular complexity index is 900. The van der Waals surface area contributed by atoms with E-state index < -0.39 is 16.1 Å². The molecule has 0 aromatic heterocycles.